The van der Waals surface area contributed by atoms with Crippen LogP contribution >= 0.6 is 0 Å². The Balaban J connectivity index is 1.37. The number of para-hydroxylation sites is 2. The van der Waals surface area contributed by atoms with Crippen LogP contribution in [0.1, 0.15) is 37.9 Å². The lowest BCUT2D eigenvalue weighted by Crippen LogP contribution is -2.38. The number of halogens is 2. The topological polar surface area (TPSA) is 77.8 Å². The highest BCUT2D eigenvalue weighted by Crippen LogP contribution is 2.31. The Hall–Kier alpha value is -2.89. The molecule has 0 amide bonds. The van der Waals surface area contributed by atoms with Crippen LogP contribution in [-0.4, -0.2) is 90.7 Å². The molecule has 9 nitrogen and oxygen atoms in total. The minimum Gasteiger partial charge on any atom is -0.477 e. The molecular weight excluding hydrogens is 494 g/mol. The largest absolute Gasteiger partial charge is 0.477 e. The molecule has 2 aromatic heterocycles. The molecule has 2 fully saturated rings. The maximum atomic E-state index is 14.1. The summed E-state index contributed by atoms with van der Waals surface area (Å²) in [5.74, 6) is 1.22. The van der Waals surface area contributed by atoms with Gasteiger partial charge in [0.2, 0.25) is 11.8 Å². The number of methoxy groups -OCH3 is 1. The van der Waals surface area contributed by atoms with Crippen LogP contribution in [0.4, 0.5) is 14.7 Å². The van der Waals surface area contributed by atoms with Crippen LogP contribution in [0.2, 0.25) is 0 Å². The molecule has 0 atom stereocenters. The molecule has 5 rings (SSSR count). The summed E-state index contributed by atoms with van der Waals surface area (Å²) in [6.07, 6.45) is 1.60. The molecule has 206 valence electrons. The highest BCUT2D eigenvalue weighted by atomic mass is 19.3. The van der Waals surface area contributed by atoms with E-state index in [2.05, 4.69) is 21.9 Å². The van der Waals surface area contributed by atoms with Gasteiger partial charge in [-0.25, -0.2) is 13.8 Å². The van der Waals surface area contributed by atoms with Gasteiger partial charge in [-0.15, -0.1) is 0 Å². The third kappa shape index (κ3) is 6.05. The van der Waals surface area contributed by atoms with E-state index in [1.807, 2.05) is 4.90 Å². The maximum Gasteiger partial charge on any atom is 0.296 e. The van der Waals surface area contributed by atoms with Gasteiger partial charge in [-0.3, -0.25) is 4.57 Å². The minimum absolute atomic E-state index is 0.323. The molecule has 0 N–H and O–H groups in total. The number of morpholine rings is 1. The number of ether oxygens (including phenoxy) is 3. The minimum atomic E-state index is -2.76. The molecular formula is C27H36F2N6O3. The van der Waals surface area contributed by atoms with Crippen molar-refractivity contribution in [2.75, 3.05) is 65.1 Å². The zero-order valence-corrected chi connectivity index (χ0v) is 22.1. The number of hydrogen-bond donors (Lipinski definition) is 0. The lowest BCUT2D eigenvalue weighted by molar-refractivity contribution is 0.102. The Morgan fingerprint density at radius 3 is 2.58 bits per heavy atom. The van der Waals surface area contributed by atoms with Gasteiger partial charge in [-0.1, -0.05) is 12.1 Å². The summed E-state index contributed by atoms with van der Waals surface area (Å²) in [4.78, 5) is 17.9. The lowest BCUT2D eigenvalue weighted by atomic mass is 9.86. The molecule has 0 unspecified atom stereocenters. The monoisotopic (exact) mass is 530 g/mol. The Morgan fingerprint density at radius 2 is 1.84 bits per heavy atom. The van der Waals surface area contributed by atoms with E-state index in [9.17, 15) is 8.78 Å². The SMILES string of the molecule is COCCN(C)[C@H]1CC[C@H](COc2cc(-n3c(C(F)F)nc4ccccc43)nc(N3CCOCC3)n2)CC1. The second kappa shape index (κ2) is 12.3. The zero-order valence-electron chi connectivity index (χ0n) is 22.1. The normalized spacial score (nSPS) is 20.5. The summed E-state index contributed by atoms with van der Waals surface area (Å²) in [7, 11) is 3.89. The van der Waals surface area contributed by atoms with Crippen LogP contribution in [0.3, 0.4) is 0 Å². The van der Waals surface area contributed by atoms with Gasteiger partial charge in [0, 0.05) is 38.9 Å². The smallest absolute Gasteiger partial charge is 0.296 e. The second-order valence-corrected chi connectivity index (χ2v) is 10.0. The molecule has 0 radical (unpaired) electrons. The van der Waals surface area contributed by atoms with Crippen LogP contribution < -0.4 is 9.64 Å². The van der Waals surface area contributed by atoms with E-state index in [0.29, 0.717) is 73.5 Å². The van der Waals surface area contributed by atoms with Crippen molar-refractivity contribution in [1.82, 2.24) is 24.4 Å². The third-order valence-corrected chi connectivity index (χ3v) is 7.54. The number of imidazole rings is 1. The first-order valence-corrected chi connectivity index (χ1v) is 13.3. The molecule has 0 bridgehead atoms. The number of alkyl halides is 2. The first-order valence-electron chi connectivity index (χ1n) is 13.3. The van der Waals surface area contributed by atoms with Gasteiger partial charge in [-0.05, 0) is 50.8 Å². The molecule has 11 heteroatoms. The van der Waals surface area contributed by atoms with Gasteiger partial charge in [0.05, 0.1) is 37.5 Å². The standard InChI is InChI=1S/C27H36F2N6O3/c1-33(11-14-36-2)20-9-7-19(8-10-20)18-38-24-17-23(31-27(32-24)34-12-15-37-16-13-34)35-22-6-4-3-5-21(22)30-26(35)25(28)29/h3-6,17,19-20,25H,7-16,18H2,1-2H3/t19-,20-. The molecule has 1 aliphatic carbocycles. The molecule has 1 saturated heterocycles. The van der Waals surface area contributed by atoms with E-state index < -0.39 is 6.43 Å². The second-order valence-electron chi connectivity index (χ2n) is 10.0. The average molecular weight is 531 g/mol. The van der Waals surface area contributed by atoms with Gasteiger partial charge >= 0.3 is 0 Å². The van der Waals surface area contributed by atoms with Crippen molar-refractivity contribution in [3.63, 3.8) is 0 Å². The molecule has 1 aliphatic heterocycles. The van der Waals surface area contributed by atoms with E-state index in [0.717, 1.165) is 38.8 Å². The van der Waals surface area contributed by atoms with Gasteiger partial charge in [0.1, 0.15) is 5.82 Å². The molecule has 1 saturated carbocycles. The fraction of sp³-hybridized carbons (Fsp3) is 0.593. The molecule has 0 spiro atoms. The van der Waals surface area contributed by atoms with Crippen molar-refractivity contribution < 1.29 is 23.0 Å². The number of nitrogens with zero attached hydrogens (tertiary/aromatic N) is 6. The number of fused-ring (bicyclic) bond motifs is 1. The van der Waals surface area contributed by atoms with E-state index >= 15 is 0 Å². The van der Waals surface area contributed by atoms with Crippen LogP contribution in [0.15, 0.2) is 30.3 Å². The first kappa shape index (κ1) is 26.7. The Labute approximate surface area is 221 Å². The highest BCUT2D eigenvalue weighted by Gasteiger charge is 2.26. The highest BCUT2D eigenvalue weighted by molar-refractivity contribution is 5.78. The quantitative estimate of drug-likeness (QED) is 0.388. The molecule has 38 heavy (non-hydrogen) atoms. The van der Waals surface area contributed by atoms with Crippen LogP contribution in [-0.2, 0) is 9.47 Å². The predicted molar refractivity (Wildman–Crippen MR) is 140 cm³/mol. The van der Waals surface area contributed by atoms with Crippen molar-refractivity contribution in [2.24, 2.45) is 5.92 Å². The lowest BCUT2D eigenvalue weighted by Gasteiger charge is -2.34. The number of aromatic nitrogens is 4. The summed E-state index contributed by atoms with van der Waals surface area (Å²) in [6.45, 7) is 4.55. The number of anilines is 1. The van der Waals surface area contributed by atoms with Crippen molar-refractivity contribution in [2.45, 2.75) is 38.2 Å². The number of likely N-dealkylation sites (N-methyl/N-ethyl adjacent to an activating group) is 1. The average Bonchev–Trinajstić information content (AvgIpc) is 3.36. The number of hydrogen-bond acceptors (Lipinski definition) is 8. The molecule has 3 aromatic rings. The summed E-state index contributed by atoms with van der Waals surface area (Å²) in [5, 5.41) is 0. The fourth-order valence-electron chi connectivity index (χ4n) is 5.30. The maximum absolute atomic E-state index is 14.1. The first-order chi connectivity index (χ1) is 18.5. The molecule has 3 heterocycles. The number of rotatable bonds is 10. The summed E-state index contributed by atoms with van der Waals surface area (Å²) >= 11 is 0. The van der Waals surface area contributed by atoms with E-state index in [1.54, 1.807) is 37.4 Å². The summed E-state index contributed by atoms with van der Waals surface area (Å²) < 4.78 is 46.5. The Kier molecular flexibility index (Phi) is 8.65. The van der Waals surface area contributed by atoms with Crippen molar-refractivity contribution in [3.8, 4) is 11.7 Å². The predicted octanol–water partition coefficient (Wildman–Crippen LogP) is 4.11. The zero-order chi connectivity index (χ0) is 26.5. The summed E-state index contributed by atoms with van der Waals surface area (Å²) in [5.41, 5.74) is 1.06. The molecule has 1 aromatic carbocycles. The van der Waals surface area contributed by atoms with Crippen LogP contribution in [0.5, 0.6) is 5.88 Å². The van der Waals surface area contributed by atoms with E-state index in [-0.39, 0.29) is 5.82 Å². The van der Waals surface area contributed by atoms with Gasteiger partial charge in [0.25, 0.3) is 6.43 Å². The Morgan fingerprint density at radius 1 is 1.08 bits per heavy atom. The van der Waals surface area contributed by atoms with E-state index in [1.165, 1.54) is 4.57 Å². The molecule has 2 aliphatic rings. The Bertz CT molecular complexity index is 1190. The fourth-order valence-corrected chi connectivity index (χ4v) is 5.30. The van der Waals surface area contributed by atoms with Crippen molar-refractivity contribution in [3.05, 3.63) is 36.2 Å². The van der Waals surface area contributed by atoms with Crippen molar-refractivity contribution in [1.29, 1.82) is 0 Å². The van der Waals surface area contributed by atoms with Gasteiger partial charge in [0.15, 0.2) is 5.82 Å². The summed E-state index contributed by atoms with van der Waals surface area (Å²) in [6, 6.07) is 9.29. The van der Waals surface area contributed by atoms with Gasteiger partial charge in [-0.2, -0.15) is 9.97 Å². The van der Waals surface area contributed by atoms with Gasteiger partial charge < -0.3 is 24.0 Å². The van der Waals surface area contributed by atoms with Crippen molar-refractivity contribution >= 4 is 17.0 Å². The third-order valence-electron chi connectivity index (χ3n) is 7.54. The van der Waals surface area contributed by atoms with E-state index in [4.69, 9.17) is 19.2 Å². The van der Waals surface area contributed by atoms with Crippen LogP contribution in [0.25, 0.3) is 16.9 Å². The van der Waals surface area contributed by atoms with Crippen LogP contribution in [0, 0.1) is 5.92 Å². The number of benzene rings is 1.